The molecule has 0 aromatic heterocycles. The van der Waals surface area contributed by atoms with E-state index in [1.807, 2.05) is 6.08 Å². The fraction of sp³-hybridized carbons (Fsp3) is 0.300. The normalized spacial score (nSPS) is 9.60. The highest BCUT2D eigenvalue weighted by Gasteiger charge is 2.04. The first-order chi connectivity index (χ1) is 9.63. The molecule has 0 nitrogen and oxygen atoms in total. The molecule has 2 aromatic carbocycles. The molecule has 0 spiro atoms. The quantitative estimate of drug-likeness (QED) is 0.601. The predicted octanol–water partition coefficient (Wildman–Crippen LogP) is 6.42. The third kappa shape index (κ3) is 4.38. The van der Waals surface area contributed by atoms with Crippen LogP contribution in [0.15, 0.2) is 49.0 Å². The zero-order chi connectivity index (χ0) is 15.0. The van der Waals surface area contributed by atoms with E-state index in [4.69, 9.17) is 0 Å². The van der Waals surface area contributed by atoms with E-state index in [2.05, 4.69) is 76.7 Å². The summed E-state index contributed by atoms with van der Waals surface area (Å²) in [6, 6.07) is 15.0. The molecule has 0 amide bonds. The number of hydrogen-bond acceptors (Lipinski definition) is 0. The smallest absolute Gasteiger partial charge is 0.0109 e. The van der Waals surface area contributed by atoms with Crippen molar-refractivity contribution in [2.24, 2.45) is 0 Å². The van der Waals surface area contributed by atoms with Gasteiger partial charge in [0.2, 0.25) is 0 Å². The van der Waals surface area contributed by atoms with E-state index >= 15 is 0 Å². The standard InChI is InChI=1S/C16H16.C4H10/c1-4-15-13(3)6-5-7-16(15)14-10-8-12(2)9-11-14;1-3-4-2/h4-11H,1H2,2-3H3;3-4H2,1-2H3. The van der Waals surface area contributed by atoms with E-state index in [1.165, 1.54) is 40.7 Å². The molecule has 2 rings (SSSR count). The van der Waals surface area contributed by atoms with Gasteiger partial charge in [-0.25, -0.2) is 0 Å². The fourth-order valence-corrected chi connectivity index (χ4v) is 1.94. The topological polar surface area (TPSA) is 0 Å². The predicted molar refractivity (Wildman–Crippen MR) is 92.0 cm³/mol. The second-order valence-electron chi connectivity index (χ2n) is 5.11. The van der Waals surface area contributed by atoms with Gasteiger partial charge in [-0.3, -0.25) is 0 Å². The Morgan fingerprint density at radius 3 is 2.00 bits per heavy atom. The van der Waals surface area contributed by atoms with Gasteiger partial charge >= 0.3 is 0 Å². The fourth-order valence-electron chi connectivity index (χ4n) is 1.94. The third-order valence-electron chi connectivity index (χ3n) is 3.39. The second-order valence-corrected chi connectivity index (χ2v) is 5.11. The van der Waals surface area contributed by atoms with Gasteiger partial charge in [0.25, 0.3) is 0 Å². The lowest BCUT2D eigenvalue weighted by molar-refractivity contribution is 0.886. The largest absolute Gasteiger partial charge is 0.0984 e. The molecule has 0 radical (unpaired) electrons. The van der Waals surface area contributed by atoms with Crippen molar-refractivity contribution in [2.45, 2.75) is 40.5 Å². The van der Waals surface area contributed by atoms with Crippen LogP contribution in [0.5, 0.6) is 0 Å². The zero-order valence-electron chi connectivity index (χ0n) is 13.2. The van der Waals surface area contributed by atoms with Crippen molar-refractivity contribution in [3.8, 4) is 11.1 Å². The summed E-state index contributed by atoms with van der Waals surface area (Å²) >= 11 is 0. The van der Waals surface area contributed by atoms with Crippen LogP contribution in [0, 0.1) is 13.8 Å². The highest BCUT2D eigenvalue weighted by atomic mass is 14.1. The average molecular weight is 266 g/mol. The monoisotopic (exact) mass is 266 g/mol. The molecule has 0 bridgehead atoms. The summed E-state index contributed by atoms with van der Waals surface area (Å²) in [7, 11) is 0. The molecule has 0 aliphatic rings. The van der Waals surface area contributed by atoms with Crippen molar-refractivity contribution >= 4 is 6.08 Å². The summed E-state index contributed by atoms with van der Waals surface area (Å²) in [6.07, 6.45) is 4.57. The maximum atomic E-state index is 3.90. The molecule has 0 saturated carbocycles. The van der Waals surface area contributed by atoms with Gasteiger partial charge in [-0.15, -0.1) is 0 Å². The Morgan fingerprint density at radius 1 is 0.900 bits per heavy atom. The van der Waals surface area contributed by atoms with Crippen molar-refractivity contribution in [2.75, 3.05) is 0 Å². The van der Waals surface area contributed by atoms with Gasteiger partial charge in [-0.05, 0) is 36.1 Å². The molecule has 0 unspecified atom stereocenters. The molecule has 0 atom stereocenters. The van der Waals surface area contributed by atoms with Crippen LogP contribution in [0.25, 0.3) is 17.2 Å². The molecule has 0 heteroatoms. The van der Waals surface area contributed by atoms with Crippen LogP contribution in [-0.4, -0.2) is 0 Å². The van der Waals surface area contributed by atoms with E-state index in [0.717, 1.165) is 0 Å². The van der Waals surface area contributed by atoms with E-state index in [-0.39, 0.29) is 0 Å². The second kappa shape index (κ2) is 8.37. The van der Waals surface area contributed by atoms with Gasteiger partial charge in [-0.2, -0.15) is 0 Å². The Balaban J connectivity index is 0.000000444. The minimum absolute atomic E-state index is 1.23. The summed E-state index contributed by atoms with van der Waals surface area (Å²) in [5.41, 5.74) is 6.30. The highest BCUT2D eigenvalue weighted by Crippen LogP contribution is 2.27. The minimum Gasteiger partial charge on any atom is -0.0984 e. The molecule has 2 aromatic rings. The number of unbranched alkanes of at least 4 members (excludes halogenated alkanes) is 1. The van der Waals surface area contributed by atoms with Gasteiger partial charge in [0.1, 0.15) is 0 Å². The van der Waals surface area contributed by atoms with Crippen LogP contribution in [0.1, 0.15) is 43.4 Å². The highest BCUT2D eigenvalue weighted by molar-refractivity contribution is 5.76. The van der Waals surface area contributed by atoms with Crippen LogP contribution >= 0.6 is 0 Å². The molecule has 0 fully saturated rings. The molecule has 0 saturated heterocycles. The van der Waals surface area contributed by atoms with Gasteiger partial charge in [-0.1, -0.05) is 87.4 Å². The molecule has 106 valence electrons. The van der Waals surface area contributed by atoms with Gasteiger partial charge < -0.3 is 0 Å². The van der Waals surface area contributed by atoms with Crippen LogP contribution in [0.4, 0.5) is 0 Å². The van der Waals surface area contributed by atoms with E-state index in [0.29, 0.717) is 0 Å². The Kier molecular flexibility index (Phi) is 6.79. The van der Waals surface area contributed by atoms with Crippen LogP contribution < -0.4 is 0 Å². The molecular weight excluding hydrogens is 240 g/mol. The van der Waals surface area contributed by atoms with E-state index < -0.39 is 0 Å². The number of hydrogen-bond donors (Lipinski definition) is 0. The van der Waals surface area contributed by atoms with Crippen molar-refractivity contribution in [1.29, 1.82) is 0 Å². The summed E-state index contributed by atoms with van der Waals surface area (Å²) in [5, 5.41) is 0. The Hall–Kier alpha value is -1.82. The van der Waals surface area contributed by atoms with Gasteiger partial charge in [0, 0.05) is 0 Å². The lowest BCUT2D eigenvalue weighted by atomic mass is 9.95. The summed E-state index contributed by atoms with van der Waals surface area (Å²) in [6.45, 7) is 12.5. The molecule has 20 heavy (non-hydrogen) atoms. The van der Waals surface area contributed by atoms with Crippen LogP contribution in [0.2, 0.25) is 0 Å². The number of aryl methyl sites for hydroxylation is 2. The molecule has 0 N–H and O–H groups in total. The molecule has 0 aliphatic heterocycles. The lowest BCUT2D eigenvalue weighted by Crippen LogP contribution is -1.87. The molecular formula is C20H26. The van der Waals surface area contributed by atoms with E-state index in [9.17, 15) is 0 Å². The average Bonchev–Trinajstić information content (AvgIpc) is 2.48. The van der Waals surface area contributed by atoms with Crippen LogP contribution in [0.3, 0.4) is 0 Å². The molecule has 0 heterocycles. The zero-order valence-corrected chi connectivity index (χ0v) is 13.2. The summed E-state index contributed by atoms with van der Waals surface area (Å²) in [4.78, 5) is 0. The maximum Gasteiger partial charge on any atom is -0.0109 e. The van der Waals surface area contributed by atoms with E-state index in [1.54, 1.807) is 0 Å². The summed E-state index contributed by atoms with van der Waals surface area (Å²) < 4.78 is 0. The first kappa shape index (κ1) is 16.2. The Morgan fingerprint density at radius 2 is 1.50 bits per heavy atom. The van der Waals surface area contributed by atoms with Crippen molar-refractivity contribution in [3.05, 3.63) is 65.7 Å². The Labute approximate surface area is 124 Å². The van der Waals surface area contributed by atoms with Crippen molar-refractivity contribution < 1.29 is 0 Å². The first-order valence-electron chi connectivity index (χ1n) is 7.43. The van der Waals surface area contributed by atoms with Crippen molar-refractivity contribution in [1.82, 2.24) is 0 Å². The summed E-state index contributed by atoms with van der Waals surface area (Å²) in [5.74, 6) is 0. The van der Waals surface area contributed by atoms with Crippen LogP contribution in [-0.2, 0) is 0 Å². The molecule has 0 aliphatic carbocycles. The van der Waals surface area contributed by atoms with Crippen molar-refractivity contribution in [3.63, 3.8) is 0 Å². The minimum atomic E-state index is 1.23. The number of rotatable bonds is 3. The van der Waals surface area contributed by atoms with Gasteiger partial charge in [0.05, 0.1) is 0 Å². The third-order valence-corrected chi connectivity index (χ3v) is 3.39. The number of benzene rings is 2. The first-order valence-corrected chi connectivity index (χ1v) is 7.43. The lowest BCUT2D eigenvalue weighted by Gasteiger charge is -2.09. The maximum absolute atomic E-state index is 3.90. The Bertz CT molecular complexity index is 530. The van der Waals surface area contributed by atoms with Gasteiger partial charge in [0.15, 0.2) is 0 Å². The SMILES string of the molecule is C=Cc1c(C)cccc1-c1ccc(C)cc1.CCCC.